The fourth-order valence-electron chi connectivity index (χ4n) is 5.87. The van der Waals surface area contributed by atoms with Crippen LogP contribution in [-0.4, -0.2) is 105 Å². The molecular weight excluding hydrogens is 760 g/mol. The Bertz CT molecular complexity index is 1880. The molecule has 0 saturated heterocycles. The summed E-state index contributed by atoms with van der Waals surface area (Å²) in [6.07, 6.45) is 0. The van der Waals surface area contributed by atoms with Crippen molar-refractivity contribution in [3.05, 3.63) is 111 Å². The van der Waals surface area contributed by atoms with Gasteiger partial charge in [0.2, 0.25) is 0 Å². The number of fused-ring (bicyclic) bond motifs is 6. The molecule has 0 aromatic heterocycles. The molecule has 0 atom stereocenters. The molecule has 1 heterocycles. The monoisotopic (exact) mass is 808 g/mol. The Morgan fingerprint density at radius 3 is 0.948 bits per heavy atom. The largest absolute Gasteiger partial charge is 0.460 e. The van der Waals surface area contributed by atoms with Crippen LogP contribution < -0.4 is 43.0 Å². The van der Waals surface area contributed by atoms with E-state index in [9.17, 15) is 28.8 Å². The summed E-state index contributed by atoms with van der Waals surface area (Å²) in [5, 5.41) is 12.0. The number of benzene rings is 2. The van der Waals surface area contributed by atoms with E-state index in [2.05, 4.69) is 21.3 Å². The minimum absolute atomic E-state index is 0.0176. The second kappa shape index (κ2) is 22.4. The van der Waals surface area contributed by atoms with Gasteiger partial charge in [-0.2, -0.15) is 0 Å². The average molecular weight is 809 g/mol. The SMILES string of the molecule is COCCOCCOCCOC(=O)c1cc2cc(c1)CNc1c(c(=O)c1=O)NCc1cc(cc(C(=O)OCCOCCOCCOC)c1)CNc1c(c(=O)c1=O)NC2. The summed E-state index contributed by atoms with van der Waals surface area (Å²) in [7, 11) is 3.16. The number of nitrogens with one attached hydrogen (secondary N) is 4. The van der Waals surface area contributed by atoms with Gasteiger partial charge in [0.05, 0.1) is 77.2 Å². The summed E-state index contributed by atoms with van der Waals surface area (Å²) in [5.41, 5.74) is 0.0808. The smallest absolute Gasteiger partial charge is 0.338 e. The second-order valence-corrected chi connectivity index (χ2v) is 13.0. The van der Waals surface area contributed by atoms with Crippen LogP contribution in [0.15, 0.2) is 55.6 Å². The molecule has 4 N–H and O–H groups in total. The van der Waals surface area contributed by atoms with Gasteiger partial charge in [0, 0.05) is 40.4 Å². The Balaban J connectivity index is 1.29. The molecule has 58 heavy (non-hydrogen) atoms. The first kappa shape index (κ1) is 43.6. The molecule has 4 aromatic carbocycles. The van der Waals surface area contributed by atoms with Crippen LogP contribution >= 0.6 is 0 Å². The number of hydrogen-bond acceptors (Lipinski definition) is 18. The Hall–Kier alpha value is -5.50. The van der Waals surface area contributed by atoms with E-state index < -0.39 is 33.7 Å². The van der Waals surface area contributed by atoms with Gasteiger partial charge in [-0.1, -0.05) is 12.1 Å². The lowest BCUT2D eigenvalue weighted by molar-refractivity contribution is 0.00551. The van der Waals surface area contributed by atoms with Crippen molar-refractivity contribution >= 4 is 34.7 Å². The van der Waals surface area contributed by atoms with Crippen LogP contribution in [0.1, 0.15) is 43.0 Å². The molecule has 0 aliphatic carbocycles. The lowest BCUT2D eigenvalue weighted by atomic mass is 10.0. The van der Waals surface area contributed by atoms with Crippen molar-refractivity contribution in [3.63, 3.8) is 0 Å². The molecule has 1 aliphatic rings. The average Bonchev–Trinajstić information content (AvgIpc) is 3.23. The Morgan fingerprint density at radius 1 is 0.414 bits per heavy atom. The molecule has 5 rings (SSSR count). The van der Waals surface area contributed by atoms with Crippen LogP contribution in [0.25, 0.3) is 0 Å². The van der Waals surface area contributed by atoms with Crippen LogP contribution in [0.3, 0.4) is 0 Å². The summed E-state index contributed by atoms with van der Waals surface area (Å²) >= 11 is 0. The zero-order chi connectivity index (χ0) is 41.3. The molecule has 0 fully saturated rings. The van der Waals surface area contributed by atoms with Gasteiger partial charge < -0.3 is 59.2 Å². The van der Waals surface area contributed by atoms with Gasteiger partial charge in [0.25, 0.3) is 21.7 Å². The molecule has 0 spiro atoms. The topological polar surface area (TPSA) is 224 Å². The van der Waals surface area contributed by atoms with E-state index >= 15 is 0 Å². The Morgan fingerprint density at radius 2 is 0.672 bits per heavy atom. The maximum absolute atomic E-state index is 13.1. The lowest BCUT2D eigenvalue weighted by Gasteiger charge is -2.19. The minimum atomic E-state index is -0.711. The predicted molar refractivity (Wildman–Crippen MR) is 212 cm³/mol. The van der Waals surface area contributed by atoms with Crippen LogP contribution in [0, 0.1) is 0 Å². The van der Waals surface area contributed by atoms with Gasteiger partial charge in [-0.05, 0) is 46.5 Å². The molecule has 0 saturated carbocycles. The number of carbonyl (C=O) groups excluding carboxylic acids is 2. The van der Waals surface area contributed by atoms with E-state index in [1.807, 2.05) is 0 Å². The highest BCUT2D eigenvalue weighted by Crippen LogP contribution is 2.23. The molecule has 0 amide bonds. The minimum Gasteiger partial charge on any atom is -0.460 e. The maximum Gasteiger partial charge on any atom is 0.338 e. The lowest BCUT2D eigenvalue weighted by Crippen LogP contribution is -2.37. The van der Waals surface area contributed by atoms with Gasteiger partial charge in [0.15, 0.2) is 0 Å². The normalized spacial score (nSPS) is 12.9. The highest BCUT2D eigenvalue weighted by molar-refractivity contribution is 5.90. The first-order valence-corrected chi connectivity index (χ1v) is 18.7. The third kappa shape index (κ3) is 12.3. The van der Waals surface area contributed by atoms with E-state index in [1.165, 1.54) is 0 Å². The zero-order valence-corrected chi connectivity index (χ0v) is 32.5. The Kier molecular flexibility index (Phi) is 16.9. The van der Waals surface area contributed by atoms with Crippen molar-refractivity contribution in [2.24, 2.45) is 0 Å². The van der Waals surface area contributed by atoms with Crippen LogP contribution in [0.2, 0.25) is 0 Å². The van der Waals surface area contributed by atoms with Gasteiger partial charge in [-0.25, -0.2) is 9.59 Å². The number of carbonyl (C=O) groups is 2. The van der Waals surface area contributed by atoms with E-state index in [0.717, 1.165) is 0 Å². The zero-order valence-electron chi connectivity index (χ0n) is 32.5. The second-order valence-electron chi connectivity index (χ2n) is 13.0. The van der Waals surface area contributed by atoms with Crippen molar-refractivity contribution in [1.29, 1.82) is 0 Å². The summed E-state index contributed by atoms with van der Waals surface area (Å²) < 4.78 is 42.3. The molecule has 18 nitrogen and oxygen atoms in total. The van der Waals surface area contributed by atoms with Gasteiger partial charge in [-0.3, -0.25) is 19.2 Å². The highest BCUT2D eigenvalue weighted by atomic mass is 16.6. The molecule has 0 radical (unpaired) electrons. The summed E-state index contributed by atoms with van der Waals surface area (Å²) in [4.78, 5) is 76.9. The molecule has 0 unspecified atom stereocenters. The number of hydrogen-bond donors (Lipinski definition) is 4. The summed E-state index contributed by atoms with van der Waals surface area (Å²) in [6.45, 7) is 3.61. The highest BCUT2D eigenvalue weighted by Gasteiger charge is 2.23. The van der Waals surface area contributed by atoms with Crippen molar-refractivity contribution < 1.29 is 47.5 Å². The fourth-order valence-corrected chi connectivity index (χ4v) is 5.87. The van der Waals surface area contributed by atoms with E-state index in [0.29, 0.717) is 75.1 Å². The van der Waals surface area contributed by atoms with Crippen molar-refractivity contribution in [2.45, 2.75) is 26.2 Å². The van der Waals surface area contributed by atoms with Gasteiger partial charge in [0.1, 0.15) is 36.0 Å². The van der Waals surface area contributed by atoms with Crippen molar-refractivity contribution in [3.8, 4) is 0 Å². The number of methoxy groups -OCH3 is 2. The molecule has 18 heteroatoms. The molecular formula is C40H48N4O14. The van der Waals surface area contributed by atoms with Crippen LogP contribution in [-0.2, 0) is 64.1 Å². The van der Waals surface area contributed by atoms with Crippen molar-refractivity contribution in [2.75, 3.05) is 115 Å². The molecule has 312 valence electrons. The van der Waals surface area contributed by atoms with Gasteiger partial charge >= 0.3 is 11.9 Å². The van der Waals surface area contributed by atoms with E-state index in [1.54, 1.807) is 50.6 Å². The number of anilines is 4. The number of ether oxygens (including phenoxy) is 8. The fraction of sp³-hybridized carbons (Fsp3) is 0.450. The predicted octanol–water partition coefficient (Wildman–Crippen LogP) is 1.31. The van der Waals surface area contributed by atoms with Gasteiger partial charge in [-0.15, -0.1) is 0 Å². The maximum atomic E-state index is 13.1. The van der Waals surface area contributed by atoms with Crippen LogP contribution in [0.4, 0.5) is 22.7 Å². The standard InChI is InChI=1S/C40H48N4O14/c1-51-3-5-53-7-9-55-11-13-57-39(49)29-17-25-15-26(18-29)22-42-32-34(38(48)36(32)46)44-24-28-16-27(23-43-33-31(41-21-25)35(45)37(33)47)19-30(20-28)40(50)58-14-12-56-10-8-54-6-4-52-2/h15-20,41-44H,3-14,21-24H2,1-2H3. The Labute approximate surface area is 333 Å². The van der Waals surface area contributed by atoms with E-state index in [4.69, 9.17) is 37.9 Å². The molecule has 1 aliphatic heterocycles. The summed E-state index contributed by atoms with van der Waals surface area (Å²) in [6, 6.07) is 9.84. The first-order chi connectivity index (χ1) is 28.2. The third-order valence-corrected chi connectivity index (χ3v) is 8.80. The molecule has 4 aromatic rings. The first-order valence-electron chi connectivity index (χ1n) is 18.7. The van der Waals surface area contributed by atoms with Crippen molar-refractivity contribution in [1.82, 2.24) is 0 Å². The third-order valence-electron chi connectivity index (χ3n) is 8.80. The summed E-state index contributed by atoms with van der Waals surface area (Å²) in [5.74, 6) is -1.26. The molecule has 4 bridgehead atoms. The number of rotatable bonds is 20. The van der Waals surface area contributed by atoms with Crippen LogP contribution in [0.5, 0.6) is 0 Å². The number of esters is 2. The quantitative estimate of drug-likeness (QED) is 0.0561. The van der Waals surface area contributed by atoms with E-state index in [-0.39, 0.29) is 86.5 Å².